The molecule has 9 heteroatoms. The SMILES string of the molecule is CC1=C(N(C=O)CCCN2CCC(c3ccccc3)(c3ccccc3)CC2)C(c2ccc([N+](=O)[O-])cc2)C(N(C=O)C(C)C)=C(C)N1. The summed E-state index contributed by atoms with van der Waals surface area (Å²) in [5.74, 6) is -0.470. The topological polar surface area (TPSA) is 99.0 Å². The third-order valence-electron chi connectivity index (χ3n) is 9.75. The molecule has 1 N–H and O–H groups in total. The second kappa shape index (κ2) is 14.8. The van der Waals surface area contributed by atoms with Crippen LogP contribution in [0, 0.1) is 10.1 Å². The first-order chi connectivity index (χ1) is 22.7. The van der Waals surface area contributed by atoms with Gasteiger partial charge in [-0.3, -0.25) is 19.7 Å². The van der Waals surface area contributed by atoms with Gasteiger partial charge in [0.2, 0.25) is 12.8 Å². The van der Waals surface area contributed by atoms with Crippen LogP contribution in [0.25, 0.3) is 0 Å². The highest BCUT2D eigenvalue weighted by Gasteiger charge is 2.38. The van der Waals surface area contributed by atoms with E-state index in [1.807, 2.05) is 27.7 Å². The van der Waals surface area contributed by atoms with E-state index in [0.717, 1.165) is 80.1 Å². The Balaban J connectivity index is 1.34. The number of amides is 2. The van der Waals surface area contributed by atoms with Crippen LogP contribution in [0.15, 0.2) is 108 Å². The zero-order valence-electron chi connectivity index (χ0n) is 27.8. The van der Waals surface area contributed by atoms with Crippen LogP contribution in [0.5, 0.6) is 0 Å². The van der Waals surface area contributed by atoms with E-state index in [4.69, 9.17) is 0 Å². The molecule has 2 aliphatic rings. The fourth-order valence-corrected chi connectivity index (χ4v) is 7.37. The molecule has 1 atom stereocenters. The first kappa shape index (κ1) is 33.6. The van der Waals surface area contributed by atoms with Crippen molar-refractivity contribution in [3.8, 4) is 0 Å². The number of carbonyl (C=O) groups is 2. The molecule has 0 saturated carbocycles. The first-order valence-corrected chi connectivity index (χ1v) is 16.4. The maximum atomic E-state index is 12.8. The van der Waals surface area contributed by atoms with Gasteiger partial charge in [-0.2, -0.15) is 0 Å². The summed E-state index contributed by atoms with van der Waals surface area (Å²) >= 11 is 0. The number of allylic oxidation sites excluding steroid dienone is 2. The molecule has 0 aromatic heterocycles. The highest BCUT2D eigenvalue weighted by Crippen LogP contribution is 2.43. The molecule has 0 aliphatic carbocycles. The Morgan fingerprint density at radius 1 is 0.872 bits per heavy atom. The van der Waals surface area contributed by atoms with Gasteiger partial charge < -0.3 is 20.0 Å². The largest absolute Gasteiger partial charge is 0.360 e. The average Bonchev–Trinajstić information content (AvgIpc) is 3.09. The summed E-state index contributed by atoms with van der Waals surface area (Å²) in [6.07, 6.45) is 4.47. The monoisotopic (exact) mass is 635 g/mol. The predicted octanol–water partition coefficient (Wildman–Crippen LogP) is 6.54. The Bertz CT molecular complexity index is 1570. The van der Waals surface area contributed by atoms with Gasteiger partial charge >= 0.3 is 0 Å². The van der Waals surface area contributed by atoms with E-state index in [0.29, 0.717) is 6.54 Å². The van der Waals surface area contributed by atoms with E-state index in [9.17, 15) is 19.7 Å². The smallest absolute Gasteiger partial charge is 0.269 e. The van der Waals surface area contributed by atoms with Crippen LogP contribution in [0.1, 0.15) is 69.6 Å². The van der Waals surface area contributed by atoms with Crippen LogP contribution in [0.4, 0.5) is 5.69 Å². The Hall–Kier alpha value is -4.76. The fourth-order valence-electron chi connectivity index (χ4n) is 7.37. The van der Waals surface area contributed by atoms with Gasteiger partial charge in [-0.1, -0.05) is 72.8 Å². The Morgan fingerprint density at radius 3 is 1.91 bits per heavy atom. The maximum Gasteiger partial charge on any atom is 0.269 e. The summed E-state index contributed by atoms with van der Waals surface area (Å²) in [5.41, 5.74) is 6.52. The lowest BCUT2D eigenvalue weighted by atomic mass is 9.68. The van der Waals surface area contributed by atoms with Gasteiger partial charge in [0.15, 0.2) is 0 Å². The number of nitrogens with one attached hydrogen (secondary N) is 1. The molecule has 1 unspecified atom stereocenters. The van der Waals surface area contributed by atoms with E-state index in [2.05, 4.69) is 70.9 Å². The molecule has 1 saturated heterocycles. The highest BCUT2D eigenvalue weighted by molar-refractivity contribution is 5.61. The second-order valence-electron chi connectivity index (χ2n) is 12.8. The number of nitro groups is 1. The summed E-state index contributed by atoms with van der Waals surface area (Å²) in [4.78, 5) is 42.0. The van der Waals surface area contributed by atoms with Crippen molar-refractivity contribution in [2.75, 3.05) is 26.2 Å². The van der Waals surface area contributed by atoms with Crippen LogP contribution in [-0.4, -0.2) is 64.7 Å². The molecular formula is C38H45N5O4. The van der Waals surface area contributed by atoms with Crippen molar-refractivity contribution in [1.29, 1.82) is 0 Å². The minimum absolute atomic E-state index is 0.0133. The molecule has 0 spiro atoms. The van der Waals surface area contributed by atoms with Gasteiger partial charge in [0.1, 0.15) is 0 Å². The van der Waals surface area contributed by atoms with Gasteiger partial charge in [-0.15, -0.1) is 0 Å². The van der Waals surface area contributed by atoms with Gasteiger partial charge in [0.25, 0.3) is 5.69 Å². The summed E-state index contributed by atoms with van der Waals surface area (Å²) < 4.78 is 0. The number of hydrogen-bond donors (Lipinski definition) is 1. The van der Waals surface area contributed by atoms with Gasteiger partial charge in [0.05, 0.1) is 22.2 Å². The van der Waals surface area contributed by atoms with Crippen molar-refractivity contribution in [2.45, 2.75) is 64.3 Å². The van der Waals surface area contributed by atoms with Crippen molar-refractivity contribution >= 4 is 18.5 Å². The molecule has 1 fully saturated rings. The number of carbonyl (C=O) groups excluding carboxylic acids is 2. The fraction of sp³-hybridized carbons (Fsp3) is 0.368. The van der Waals surface area contributed by atoms with E-state index < -0.39 is 10.8 Å². The summed E-state index contributed by atoms with van der Waals surface area (Å²) in [6, 6.07) is 27.9. The lowest BCUT2D eigenvalue weighted by Crippen LogP contribution is -2.44. The molecule has 0 bridgehead atoms. The van der Waals surface area contributed by atoms with E-state index in [1.165, 1.54) is 23.3 Å². The zero-order chi connectivity index (χ0) is 33.6. The summed E-state index contributed by atoms with van der Waals surface area (Å²) in [5, 5.41) is 14.8. The van der Waals surface area contributed by atoms with Gasteiger partial charge in [-0.05, 0) is 83.3 Å². The van der Waals surface area contributed by atoms with Crippen molar-refractivity contribution in [3.63, 3.8) is 0 Å². The highest BCUT2D eigenvalue weighted by atomic mass is 16.6. The first-order valence-electron chi connectivity index (χ1n) is 16.4. The number of hydrogen-bond acceptors (Lipinski definition) is 6. The Labute approximate surface area is 277 Å². The standard InChI is InChI=1S/C38H45N5O4/c1-28(2)42(27-45)37-30(4)39-29(3)36(35(37)31-16-18-34(19-17-31)43(46)47)41(26-44)23-11-22-40-24-20-38(21-25-40,32-12-7-5-8-13-32)33-14-9-6-10-15-33/h5-10,12-19,26-28,35,39H,11,20-25H2,1-4H3. The number of likely N-dealkylation sites (tertiary alicyclic amines) is 1. The van der Waals surface area contributed by atoms with Crippen molar-refractivity contribution < 1.29 is 14.5 Å². The lowest BCUT2D eigenvalue weighted by Gasteiger charge is -2.43. The maximum absolute atomic E-state index is 12.8. The van der Waals surface area contributed by atoms with Crippen molar-refractivity contribution in [1.82, 2.24) is 20.0 Å². The summed E-state index contributed by atoms with van der Waals surface area (Å²) in [6.45, 7) is 11.0. The van der Waals surface area contributed by atoms with E-state index in [1.54, 1.807) is 21.9 Å². The van der Waals surface area contributed by atoms with Crippen molar-refractivity contribution in [2.24, 2.45) is 0 Å². The van der Waals surface area contributed by atoms with Crippen LogP contribution in [-0.2, 0) is 15.0 Å². The van der Waals surface area contributed by atoms with E-state index >= 15 is 0 Å². The van der Waals surface area contributed by atoms with Crippen molar-refractivity contribution in [3.05, 3.63) is 135 Å². The Kier molecular flexibility index (Phi) is 10.6. The predicted molar refractivity (Wildman–Crippen MR) is 184 cm³/mol. The lowest BCUT2D eigenvalue weighted by molar-refractivity contribution is -0.384. The third kappa shape index (κ3) is 7.00. The van der Waals surface area contributed by atoms with Crippen LogP contribution in [0.3, 0.4) is 0 Å². The molecular weight excluding hydrogens is 590 g/mol. The molecule has 2 amide bonds. The summed E-state index contributed by atoms with van der Waals surface area (Å²) in [7, 11) is 0. The number of benzene rings is 3. The molecule has 246 valence electrons. The van der Waals surface area contributed by atoms with Crippen LogP contribution in [0.2, 0.25) is 0 Å². The second-order valence-corrected chi connectivity index (χ2v) is 12.8. The zero-order valence-corrected chi connectivity index (χ0v) is 27.8. The van der Waals surface area contributed by atoms with Gasteiger partial charge in [-0.25, -0.2) is 0 Å². The van der Waals surface area contributed by atoms with E-state index in [-0.39, 0.29) is 17.1 Å². The molecule has 3 aromatic carbocycles. The van der Waals surface area contributed by atoms with Gasteiger partial charge in [0, 0.05) is 41.5 Å². The molecule has 0 radical (unpaired) electrons. The minimum Gasteiger partial charge on any atom is -0.360 e. The minimum atomic E-state index is -0.470. The van der Waals surface area contributed by atoms with Crippen LogP contribution < -0.4 is 5.32 Å². The number of piperidine rings is 1. The number of rotatable bonds is 13. The number of nitrogens with zero attached hydrogens (tertiary/aromatic N) is 4. The number of nitro benzene ring substituents is 1. The molecule has 47 heavy (non-hydrogen) atoms. The molecule has 2 heterocycles. The average molecular weight is 636 g/mol. The molecule has 5 rings (SSSR count). The Morgan fingerprint density at radius 2 is 1.43 bits per heavy atom. The molecule has 2 aliphatic heterocycles. The van der Waals surface area contributed by atoms with Crippen LogP contribution >= 0.6 is 0 Å². The quantitative estimate of drug-likeness (QED) is 0.130. The number of dihydropyridines is 1. The number of non-ortho nitro benzene ring substituents is 1. The molecule has 3 aromatic rings. The molecule has 9 nitrogen and oxygen atoms in total. The third-order valence-corrected chi connectivity index (χ3v) is 9.75. The normalized spacial score (nSPS) is 18.1.